The van der Waals surface area contributed by atoms with E-state index in [0.29, 0.717) is 23.2 Å². The Kier molecular flexibility index (Phi) is 4.42. The van der Waals surface area contributed by atoms with Gasteiger partial charge in [0.1, 0.15) is 11.5 Å². The molecule has 0 radical (unpaired) electrons. The number of nitrogens with zero attached hydrogens (tertiary/aromatic N) is 2. The molecule has 8 heteroatoms. The van der Waals surface area contributed by atoms with Gasteiger partial charge in [0, 0.05) is 19.0 Å². The van der Waals surface area contributed by atoms with E-state index in [1.165, 1.54) is 19.2 Å². The zero-order valence-electron chi connectivity index (χ0n) is 14.3. The second kappa shape index (κ2) is 6.27. The zero-order valence-corrected chi connectivity index (χ0v) is 15.1. The number of benzene rings is 1. The average molecular weight is 364 g/mol. The Hall–Kier alpha value is -2.19. The van der Waals surface area contributed by atoms with Crippen LogP contribution in [-0.4, -0.2) is 24.7 Å². The van der Waals surface area contributed by atoms with Gasteiger partial charge in [0.15, 0.2) is 4.90 Å². The van der Waals surface area contributed by atoms with Gasteiger partial charge >= 0.3 is 0 Å². The second-order valence-corrected chi connectivity index (χ2v) is 8.55. The molecule has 0 spiro atoms. The molecule has 1 aromatic carbocycles. The SMILES string of the molecule is Cc1cccc([N+](=O)[O-])c1S(=O)(=O)N(C)Cc1ccc([C@@H]2C[C@@H]2C)o1. The topological polar surface area (TPSA) is 93.7 Å². The van der Waals surface area contributed by atoms with E-state index in [-0.39, 0.29) is 11.4 Å². The van der Waals surface area contributed by atoms with Crippen LogP contribution in [0.3, 0.4) is 0 Å². The van der Waals surface area contributed by atoms with Crippen molar-refractivity contribution in [2.75, 3.05) is 7.05 Å². The summed E-state index contributed by atoms with van der Waals surface area (Å²) in [6.07, 6.45) is 1.08. The predicted octanol–water partition coefficient (Wildman–Crippen LogP) is 3.44. The van der Waals surface area contributed by atoms with Gasteiger partial charge in [-0.2, -0.15) is 4.31 Å². The van der Waals surface area contributed by atoms with Crippen LogP contribution < -0.4 is 0 Å². The first-order valence-electron chi connectivity index (χ1n) is 8.00. The van der Waals surface area contributed by atoms with E-state index in [9.17, 15) is 18.5 Å². The van der Waals surface area contributed by atoms with Crippen LogP contribution in [0.4, 0.5) is 5.69 Å². The van der Waals surface area contributed by atoms with E-state index in [4.69, 9.17) is 4.42 Å². The highest BCUT2D eigenvalue weighted by Crippen LogP contribution is 2.47. The molecule has 1 aliphatic carbocycles. The quantitative estimate of drug-likeness (QED) is 0.578. The lowest BCUT2D eigenvalue weighted by Crippen LogP contribution is -2.27. The molecule has 134 valence electrons. The molecule has 0 amide bonds. The van der Waals surface area contributed by atoms with Crippen molar-refractivity contribution < 1.29 is 17.8 Å². The molecule has 0 unspecified atom stereocenters. The molecule has 1 aromatic heterocycles. The Labute approximate surface area is 146 Å². The molecule has 1 aliphatic rings. The summed E-state index contributed by atoms with van der Waals surface area (Å²) in [6, 6.07) is 7.86. The lowest BCUT2D eigenvalue weighted by atomic mass is 10.2. The van der Waals surface area contributed by atoms with Crippen molar-refractivity contribution >= 4 is 15.7 Å². The van der Waals surface area contributed by atoms with Crippen LogP contribution in [0.15, 0.2) is 39.6 Å². The standard InChI is InChI=1S/C17H20N2O5S/c1-11-5-4-6-15(19(20)21)17(11)25(22,23)18(3)10-13-7-8-16(24-13)14-9-12(14)2/h4-8,12,14H,9-10H2,1-3H3/t12-,14+/m0/s1. The van der Waals surface area contributed by atoms with Crippen LogP contribution in [0, 0.1) is 23.0 Å². The summed E-state index contributed by atoms with van der Waals surface area (Å²) in [4.78, 5) is 10.3. The third kappa shape index (κ3) is 3.32. The molecule has 2 aromatic rings. The third-order valence-corrected chi connectivity index (χ3v) is 6.59. The molecule has 1 saturated carbocycles. The average Bonchev–Trinajstić information content (AvgIpc) is 3.08. The smallest absolute Gasteiger partial charge is 0.289 e. The first-order chi connectivity index (χ1) is 11.7. The molecule has 0 bridgehead atoms. The number of hydrogen-bond acceptors (Lipinski definition) is 5. The van der Waals surface area contributed by atoms with Crippen molar-refractivity contribution in [1.29, 1.82) is 0 Å². The second-order valence-electron chi connectivity index (χ2n) is 6.56. The van der Waals surface area contributed by atoms with E-state index >= 15 is 0 Å². The summed E-state index contributed by atoms with van der Waals surface area (Å²) < 4.78 is 32.6. The first kappa shape index (κ1) is 17.6. The minimum atomic E-state index is -4.02. The fourth-order valence-corrected chi connectivity index (χ4v) is 4.46. The van der Waals surface area contributed by atoms with Crippen molar-refractivity contribution in [3.8, 4) is 0 Å². The fourth-order valence-electron chi connectivity index (χ4n) is 2.97. The van der Waals surface area contributed by atoms with Crippen LogP contribution in [0.2, 0.25) is 0 Å². The van der Waals surface area contributed by atoms with Crippen molar-refractivity contribution in [2.45, 2.75) is 37.6 Å². The van der Waals surface area contributed by atoms with Gasteiger partial charge in [0.2, 0.25) is 10.0 Å². The van der Waals surface area contributed by atoms with Gasteiger partial charge in [-0.15, -0.1) is 0 Å². The Morgan fingerprint density at radius 3 is 2.60 bits per heavy atom. The number of aryl methyl sites for hydroxylation is 1. The summed E-state index contributed by atoms with van der Waals surface area (Å²) in [5.41, 5.74) is -0.0771. The van der Waals surface area contributed by atoms with Crippen molar-refractivity contribution in [3.63, 3.8) is 0 Å². The van der Waals surface area contributed by atoms with E-state index in [0.717, 1.165) is 16.5 Å². The Balaban J connectivity index is 1.87. The number of furan rings is 1. The number of rotatable bonds is 6. The highest BCUT2D eigenvalue weighted by molar-refractivity contribution is 7.89. The van der Waals surface area contributed by atoms with E-state index in [2.05, 4.69) is 6.92 Å². The van der Waals surface area contributed by atoms with E-state index < -0.39 is 20.6 Å². The van der Waals surface area contributed by atoms with Crippen LogP contribution >= 0.6 is 0 Å². The zero-order chi connectivity index (χ0) is 18.4. The molecule has 2 atom stereocenters. The van der Waals surface area contributed by atoms with Crippen molar-refractivity contribution in [3.05, 3.63) is 57.5 Å². The molecule has 25 heavy (non-hydrogen) atoms. The Morgan fingerprint density at radius 1 is 1.32 bits per heavy atom. The van der Waals surface area contributed by atoms with Gasteiger partial charge in [0.25, 0.3) is 5.69 Å². The lowest BCUT2D eigenvalue weighted by molar-refractivity contribution is -0.387. The third-order valence-electron chi connectivity index (χ3n) is 4.59. The molecule has 1 fully saturated rings. The minimum Gasteiger partial charge on any atom is -0.464 e. The highest BCUT2D eigenvalue weighted by Gasteiger charge is 2.37. The maximum atomic E-state index is 12.9. The summed E-state index contributed by atoms with van der Waals surface area (Å²) in [5.74, 6) is 2.40. The molecule has 0 aliphatic heterocycles. The number of hydrogen-bond donors (Lipinski definition) is 0. The van der Waals surface area contributed by atoms with Crippen LogP contribution in [0.5, 0.6) is 0 Å². The molecule has 7 nitrogen and oxygen atoms in total. The molecular weight excluding hydrogens is 344 g/mol. The molecular formula is C17H20N2O5S. The summed E-state index contributed by atoms with van der Waals surface area (Å²) in [5, 5.41) is 11.2. The Bertz CT molecular complexity index is 919. The summed E-state index contributed by atoms with van der Waals surface area (Å²) >= 11 is 0. The van der Waals surface area contributed by atoms with Crippen LogP contribution in [0.1, 0.15) is 36.3 Å². The summed E-state index contributed by atoms with van der Waals surface area (Å²) in [7, 11) is -2.62. The van der Waals surface area contributed by atoms with Crippen LogP contribution in [0.25, 0.3) is 0 Å². The minimum absolute atomic E-state index is 0.0227. The van der Waals surface area contributed by atoms with Crippen molar-refractivity contribution in [2.24, 2.45) is 5.92 Å². The first-order valence-corrected chi connectivity index (χ1v) is 9.44. The highest BCUT2D eigenvalue weighted by atomic mass is 32.2. The normalized spacial score (nSPS) is 20.0. The number of nitro groups is 1. The lowest BCUT2D eigenvalue weighted by Gasteiger charge is -2.17. The maximum Gasteiger partial charge on any atom is 0.289 e. The van der Waals surface area contributed by atoms with Gasteiger partial charge in [-0.05, 0) is 37.0 Å². The predicted molar refractivity (Wildman–Crippen MR) is 91.7 cm³/mol. The van der Waals surface area contributed by atoms with Gasteiger partial charge in [-0.25, -0.2) is 8.42 Å². The Morgan fingerprint density at radius 2 is 2.00 bits per heavy atom. The van der Waals surface area contributed by atoms with E-state index in [1.807, 2.05) is 6.07 Å². The number of nitro benzene ring substituents is 1. The molecule has 3 rings (SSSR count). The molecule has 0 N–H and O–H groups in total. The maximum absolute atomic E-state index is 12.9. The largest absolute Gasteiger partial charge is 0.464 e. The van der Waals surface area contributed by atoms with Crippen molar-refractivity contribution in [1.82, 2.24) is 4.31 Å². The summed E-state index contributed by atoms with van der Waals surface area (Å²) in [6.45, 7) is 3.71. The monoisotopic (exact) mass is 364 g/mol. The fraction of sp³-hybridized carbons (Fsp3) is 0.412. The van der Waals surface area contributed by atoms with Crippen LogP contribution in [-0.2, 0) is 16.6 Å². The van der Waals surface area contributed by atoms with E-state index in [1.54, 1.807) is 19.1 Å². The number of sulfonamides is 1. The van der Waals surface area contributed by atoms with Gasteiger partial charge in [-0.1, -0.05) is 19.1 Å². The van der Waals surface area contributed by atoms with Gasteiger partial charge in [0.05, 0.1) is 11.5 Å². The van der Waals surface area contributed by atoms with Gasteiger partial charge in [-0.3, -0.25) is 10.1 Å². The molecule has 0 saturated heterocycles. The molecule has 1 heterocycles. The van der Waals surface area contributed by atoms with Gasteiger partial charge < -0.3 is 4.42 Å².